The number of rotatable bonds is 3. The van der Waals surface area contributed by atoms with Crippen molar-refractivity contribution >= 4 is 11.7 Å². The molecule has 0 unspecified atom stereocenters. The molecule has 0 heterocycles. The first kappa shape index (κ1) is 14.0. The highest BCUT2D eigenvalue weighted by Gasteiger charge is 2.11. The number of ether oxygens (including phenoxy) is 1. The molecule has 0 saturated carbocycles. The molecular formula is C15H13F2NO2. The van der Waals surface area contributed by atoms with E-state index in [9.17, 15) is 13.6 Å². The second-order valence-electron chi connectivity index (χ2n) is 4.38. The molecule has 2 rings (SSSR count). The van der Waals surface area contributed by atoms with Crippen molar-refractivity contribution < 1.29 is 18.3 Å². The number of esters is 1. The van der Waals surface area contributed by atoms with Crippen LogP contribution in [0.4, 0.5) is 14.5 Å². The fraction of sp³-hybridized carbons (Fsp3) is 0.133. The van der Waals surface area contributed by atoms with E-state index in [0.29, 0.717) is 5.69 Å². The van der Waals surface area contributed by atoms with Gasteiger partial charge in [-0.25, -0.2) is 13.6 Å². The van der Waals surface area contributed by atoms with Gasteiger partial charge in [0.25, 0.3) is 0 Å². The summed E-state index contributed by atoms with van der Waals surface area (Å²) >= 11 is 0. The molecule has 0 aliphatic rings. The number of carbonyl (C=O) groups is 1. The predicted molar refractivity (Wildman–Crippen MR) is 71.1 cm³/mol. The molecule has 2 aromatic rings. The number of anilines is 1. The van der Waals surface area contributed by atoms with Gasteiger partial charge < -0.3 is 10.5 Å². The summed E-state index contributed by atoms with van der Waals surface area (Å²) in [7, 11) is 0. The maximum absolute atomic E-state index is 13.4. The number of carbonyl (C=O) groups excluding carboxylic acids is 1. The quantitative estimate of drug-likeness (QED) is 0.692. The zero-order valence-corrected chi connectivity index (χ0v) is 10.8. The number of nitrogens with two attached hydrogens (primary N) is 1. The van der Waals surface area contributed by atoms with E-state index < -0.39 is 17.6 Å². The summed E-state index contributed by atoms with van der Waals surface area (Å²) in [6, 6.07) is 7.72. The summed E-state index contributed by atoms with van der Waals surface area (Å²) < 4.78 is 31.3. The van der Waals surface area contributed by atoms with Crippen LogP contribution in [-0.2, 0) is 11.3 Å². The minimum Gasteiger partial charge on any atom is -0.457 e. The SMILES string of the molecule is Cc1ccc(C(=O)OCc2cc(F)ccc2F)cc1N. The molecule has 2 aromatic carbocycles. The van der Waals surface area contributed by atoms with E-state index in [1.165, 1.54) is 6.07 Å². The normalized spacial score (nSPS) is 10.3. The molecule has 0 radical (unpaired) electrons. The molecule has 5 heteroatoms. The van der Waals surface area contributed by atoms with Gasteiger partial charge in [-0.3, -0.25) is 0 Å². The van der Waals surface area contributed by atoms with Gasteiger partial charge in [0.15, 0.2) is 0 Å². The Morgan fingerprint density at radius 3 is 2.65 bits per heavy atom. The molecule has 0 atom stereocenters. The Kier molecular flexibility index (Phi) is 3.98. The van der Waals surface area contributed by atoms with E-state index in [4.69, 9.17) is 10.5 Å². The number of aryl methyl sites for hydroxylation is 1. The predicted octanol–water partition coefficient (Wildman–Crippen LogP) is 3.21. The van der Waals surface area contributed by atoms with Gasteiger partial charge in [-0.1, -0.05) is 6.07 Å². The zero-order chi connectivity index (χ0) is 14.7. The van der Waals surface area contributed by atoms with Crippen LogP contribution in [0.15, 0.2) is 36.4 Å². The number of benzene rings is 2. The second kappa shape index (κ2) is 5.69. The summed E-state index contributed by atoms with van der Waals surface area (Å²) in [5, 5.41) is 0. The van der Waals surface area contributed by atoms with Crippen LogP contribution >= 0.6 is 0 Å². The zero-order valence-electron chi connectivity index (χ0n) is 10.8. The molecule has 0 fully saturated rings. The smallest absolute Gasteiger partial charge is 0.338 e. The lowest BCUT2D eigenvalue weighted by Gasteiger charge is -2.07. The molecule has 0 aliphatic carbocycles. The van der Waals surface area contributed by atoms with Crippen molar-refractivity contribution in [3.63, 3.8) is 0 Å². The summed E-state index contributed by atoms with van der Waals surface area (Å²) in [5.41, 5.74) is 7.26. The summed E-state index contributed by atoms with van der Waals surface area (Å²) in [6.45, 7) is 1.47. The Morgan fingerprint density at radius 2 is 1.95 bits per heavy atom. The Bertz CT molecular complexity index is 656. The lowest BCUT2D eigenvalue weighted by atomic mass is 10.1. The Morgan fingerprint density at radius 1 is 1.20 bits per heavy atom. The average molecular weight is 277 g/mol. The van der Waals surface area contributed by atoms with Gasteiger partial charge >= 0.3 is 5.97 Å². The van der Waals surface area contributed by atoms with Crippen molar-refractivity contribution in [2.24, 2.45) is 0 Å². The Labute approximate surface area is 115 Å². The first-order valence-electron chi connectivity index (χ1n) is 5.94. The van der Waals surface area contributed by atoms with Gasteiger partial charge in [-0.2, -0.15) is 0 Å². The van der Waals surface area contributed by atoms with Gasteiger partial charge in [0.2, 0.25) is 0 Å². The third kappa shape index (κ3) is 3.12. The lowest BCUT2D eigenvalue weighted by molar-refractivity contribution is 0.0468. The van der Waals surface area contributed by atoms with Crippen molar-refractivity contribution in [1.29, 1.82) is 0 Å². The molecule has 0 spiro atoms. The Balaban J connectivity index is 2.08. The van der Waals surface area contributed by atoms with Crippen molar-refractivity contribution in [3.8, 4) is 0 Å². The van der Waals surface area contributed by atoms with Crippen LogP contribution in [0.3, 0.4) is 0 Å². The van der Waals surface area contributed by atoms with Crippen LogP contribution in [0.2, 0.25) is 0 Å². The molecule has 104 valence electrons. The summed E-state index contributed by atoms with van der Waals surface area (Å²) in [5.74, 6) is -1.85. The van der Waals surface area contributed by atoms with Crippen molar-refractivity contribution in [3.05, 3.63) is 64.7 Å². The highest BCUT2D eigenvalue weighted by Crippen LogP contribution is 2.15. The molecule has 2 N–H and O–H groups in total. The van der Waals surface area contributed by atoms with E-state index in [1.54, 1.807) is 12.1 Å². The second-order valence-corrected chi connectivity index (χ2v) is 4.38. The first-order valence-corrected chi connectivity index (χ1v) is 5.94. The van der Waals surface area contributed by atoms with E-state index in [1.807, 2.05) is 6.92 Å². The van der Waals surface area contributed by atoms with Crippen molar-refractivity contribution in [1.82, 2.24) is 0 Å². The third-order valence-electron chi connectivity index (χ3n) is 2.88. The number of hydrogen-bond acceptors (Lipinski definition) is 3. The Hall–Kier alpha value is -2.43. The van der Waals surface area contributed by atoms with Gasteiger partial charge in [0, 0.05) is 11.3 Å². The standard InChI is InChI=1S/C15H13F2NO2/c1-9-2-3-10(7-14(9)18)15(19)20-8-11-6-12(16)4-5-13(11)17/h2-7H,8,18H2,1H3. The molecule has 0 amide bonds. The van der Waals surface area contributed by atoms with Crippen molar-refractivity contribution in [2.45, 2.75) is 13.5 Å². The van der Waals surface area contributed by atoms with E-state index in [0.717, 1.165) is 23.8 Å². The minimum absolute atomic E-state index is 0.0153. The fourth-order valence-electron chi connectivity index (χ4n) is 1.65. The molecular weight excluding hydrogens is 264 g/mol. The van der Waals surface area contributed by atoms with Crippen LogP contribution in [0.5, 0.6) is 0 Å². The number of nitrogen functional groups attached to an aromatic ring is 1. The maximum atomic E-state index is 13.4. The van der Waals surface area contributed by atoms with Gasteiger partial charge in [0.1, 0.15) is 18.2 Å². The van der Waals surface area contributed by atoms with Crippen LogP contribution in [0.1, 0.15) is 21.5 Å². The average Bonchev–Trinajstić information content (AvgIpc) is 2.42. The van der Waals surface area contributed by atoms with Crippen LogP contribution in [-0.4, -0.2) is 5.97 Å². The van der Waals surface area contributed by atoms with Crippen LogP contribution in [0, 0.1) is 18.6 Å². The monoisotopic (exact) mass is 277 g/mol. The van der Waals surface area contributed by atoms with Crippen LogP contribution < -0.4 is 5.73 Å². The third-order valence-corrected chi connectivity index (χ3v) is 2.88. The molecule has 0 bridgehead atoms. The highest BCUT2D eigenvalue weighted by atomic mass is 19.1. The maximum Gasteiger partial charge on any atom is 0.338 e. The molecule has 0 aliphatic heterocycles. The largest absolute Gasteiger partial charge is 0.457 e. The molecule has 0 aromatic heterocycles. The van der Waals surface area contributed by atoms with Gasteiger partial charge in [-0.05, 0) is 42.8 Å². The van der Waals surface area contributed by atoms with E-state index in [-0.39, 0.29) is 17.7 Å². The first-order chi connectivity index (χ1) is 9.47. The van der Waals surface area contributed by atoms with Crippen molar-refractivity contribution in [2.75, 3.05) is 5.73 Å². The van der Waals surface area contributed by atoms with E-state index in [2.05, 4.69) is 0 Å². The topological polar surface area (TPSA) is 52.3 Å². The van der Waals surface area contributed by atoms with Gasteiger partial charge in [-0.15, -0.1) is 0 Å². The molecule has 3 nitrogen and oxygen atoms in total. The van der Waals surface area contributed by atoms with E-state index >= 15 is 0 Å². The lowest BCUT2D eigenvalue weighted by Crippen LogP contribution is -2.07. The van der Waals surface area contributed by atoms with Gasteiger partial charge in [0.05, 0.1) is 5.56 Å². The number of hydrogen-bond donors (Lipinski definition) is 1. The molecule has 0 saturated heterocycles. The summed E-state index contributed by atoms with van der Waals surface area (Å²) in [4.78, 5) is 11.8. The summed E-state index contributed by atoms with van der Waals surface area (Å²) in [6.07, 6.45) is 0. The minimum atomic E-state index is -0.639. The number of halogens is 2. The molecule has 20 heavy (non-hydrogen) atoms. The highest BCUT2D eigenvalue weighted by molar-refractivity contribution is 5.90. The van der Waals surface area contributed by atoms with Crippen LogP contribution in [0.25, 0.3) is 0 Å². The fourth-order valence-corrected chi connectivity index (χ4v) is 1.65.